The number of aliphatic imine (C=N–C) groups is 1. The molecule has 1 saturated heterocycles. The van der Waals surface area contributed by atoms with Gasteiger partial charge in [-0.2, -0.15) is 0 Å². The Labute approximate surface area is 181 Å². The number of fused-ring (bicyclic) bond motifs is 2. The van der Waals surface area contributed by atoms with E-state index in [1.54, 1.807) is 17.9 Å². The molecule has 1 fully saturated rings. The van der Waals surface area contributed by atoms with Crippen molar-refractivity contribution in [3.63, 3.8) is 0 Å². The van der Waals surface area contributed by atoms with E-state index in [-0.39, 0.29) is 30.5 Å². The van der Waals surface area contributed by atoms with Gasteiger partial charge in [-0.15, -0.1) is 0 Å². The summed E-state index contributed by atoms with van der Waals surface area (Å²) in [5.41, 5.74) is 1.66. The molecule has 2 aliphatic heterocycles. The maximum atomic E-state index is 14.4. The van der Waals surface area contributed by atoms with E-state index in [0.29, 0.717) is 12.2 Å². The third kappa shape index (κ3) is 3.87. The maximum absolute atomic E-state index is 14.4. The number of hydrogen-bond acceptors (Lipinski definition) is 4. The molecule has 0 saturated carbocycles. The standard InChI is InChI=1S/C25H27FN2O3/c1-16(29)12-18-14-28(23(30)31-24(2,3)4)15-25(18)20-13-19(26)10-11-21(20)27-22(25)17-8-6-5-7-9-17/h5-11,13,18H,12,14-15H2,1-4H3. The second kappa shape index (κ2) is 7.59. The zero-order valence-electron chi connectivity index (χ0n) is 18.3. The van der Waals surface area contributed by atoms with Crippen LogP contribution in [0.2, 0.25) is 0 Å². The molecule has 2 aromatic rings. The highest BCUT2D eigenvalue weighted by molar-refractivity contribution is 6.14. The number of carbonyl (C=O) groups is 2. The second-order valence-electron chi connectivity index (χ2n) is 9.42. The van der Waals surface area contributed by atoms with Gasteiger partial charge < -0.3 is 14.4 Å². The Hall–Kier alpha value is -3.02. The molecule has 2 unspecified atom stereocenters. The SMILES string of the molecule is CC(=O)CC1CN(C(=O)OC(C)(C)C)CC12C(c1ccccc1)=Nc1ccc(F)cc12. The monoisotopic (exact) mass is 422 g/mol. The average Bonchev–Trinajstić information content (AvgIpc) is 3.21. The highest BCUT2D eigenvalue weighted by Gasteiger charge is 2.56. The van der Waals surface area contributed by atoms with Crippen LogP contribution in [0, 0.1) is 11.7 Å². The van der Waals surface area contributed by atoms with Crippen LogP contribution in [0.25, 0.3) is 0 Å². The summed E-state index contributed by atoms with van der Waals surface area (Å²) in [7, 11) is 0. The number of rotatable bonds is 3. The van der Waals surface area contributed by atoms with Crippen LogP contribution < -0.4 is 0 Å². The number of ketones is 1. The molecule has 2 aromatic carbocycles. The molecule has 1 spiro atoms. The highest BCUT2D eigenvalue weighted by atomic mass is 19.1. The Kier molecular flexibility index (Phi) is 5.20. The number of halogens is 1. The Balaban J connectivity index is 1.86. The minimum Gasteiger partial charge on any atom is -0.444 e. The summed E-state index contributed by atoms with van der Waals surface area (Å²) in [5, 5.41) is 0. The number of carbonyl (C=O) groups excluding carboxylic acids is 2. The number of hydrogen-bond donors (Lipinski definition) is 0. The van der Waals surface area contributed by atoms with Gasteiger partial charge in [-0.05, 0) is 57.0 Å². The molecule has 0 aromatic heterocycles. The summed E-state index contributed by atoms with van der Waals surface area (Å²) in [4.78, 5) is 31.7. The van der Waals surface area contributed by atoms with Gasteiger partial charge in [0.25, 0.3) is 0 Å². The minimum atomic E-state index is -0.776. The third-order valence-corrected chi connectivity index (χ3v) is 5.90. The van der Waals surface area contributed by atoms with Gasteiger partial charge in [-0.25, -0.2) is 9.18 Å². The molecule has 0 N–H and O–H groups in total. The molecular formula is C25H27FN2O3. The number of amides is 1. The normalized spacial score (nSPS) is 22.4. The zero-order chi connectivity index (χ0) is 22.4. The van der Waals surface area contributed by atoms with Gasteiger partial charge in [0, 0.05) is 25.4 Å². The molecule has 5 nitrogen and oxygen atoms in total. The molecule has 2 atom stereocenters. The van der Waals surface area contributed by atoms with Crippen LogP contribution >= 0.6 is 0 Å². The lowest BCUT2D eigenvalue weighted by atomic mass is 9.67. The fraction of sp³-hybridized carbons (Fsp3) is 0.400. The number of benzene rings is 2. The topological polar surface area (TPSA) is 59.0 Å². The minimum absolute atomic E-state index is 0.0210. The molecule has 31 heavy (non-hydrogen) atoms. The van der Waals surface area contributed by atoms with Gasteiger partial charge >= 0.3 is 6.09 Å². The predicted octanol–water partition coefficient (Wildman–Crippen LogP) is 5.04. The Morgan fingerprint density at radius 1 is 1.19 bits per heavy atom. The van der Waals surface area contributed by atoms with Crippen molar-refractivity contribution in [2.24, 2.45) is 10.9 Å². The van der Waals surface area contributed by atoms with Gasteiger partial charge in [0.15, 0.2) is 0 Å². The van der Waals surface area contributed by atoms with E-state index in [1.165, 1.54) is 12.1 Å². The zero-order valence-corrected chi connectivity index (χ0v) is 18.3. The van der Waals surface area contributed by atoms with E-state index in [1.807, 2.05) is 51.1 Å². The molecule has 1 amide bonds. The summed E-state index contributed by atoms with van der Waals surface area (Å²) in [6.45, 7) is 7.63. The highest BCUT2D eigenvalue weighted by Crippen LogP contribution is 2.52. The van der Waals surface area contributed by atoms with Gasteiger partial charge in [0.1, 0.15) is 17.2 Å². The summed E-state index contributed by atoms with van der Waals surface area (Å²) < 4.78 is 20.0. The molecule has 0 bridgehead atoms. The quantitative estimate of drug-likeness (QED) is 0.696. The smallest absolute Gasteiger partial charge is 0.410 e. The lowest BCUT2D eigenvalue weighted by Crippen LogP contribution is -2.43. The first kappa shape index (κ1) is 21.2. The Morgan fingerprint density at radius 3 is 2.55 bits per heavy atom. The molecule has 4 rings (SSSR count). The maximum Gasteiger partial charge on any atom is 0.410 e. The number of ether oxygens (including phenoxy) is 1. The van der Waals surface area contributed by atoms with Crippen molar-refractivity contribution >= 4 is 23.3 Å². The Morgan fingerprint density at radius 2 is 1.90 bits per heavy atom. The van der Waals surface area contributed by atoms with Gasteiger partial charge in [-0.3, -0.25) is 4.99 Å². The van der Waals surface area contributed by atoms with Crippen molar-refractivity contribution < 1.29 is 18.7 Å². The van der Waals surface area contributed by atoms with Crippen LogP contribution in [0.3, 0.4) is 0 Å². The van der Waals surface area contributed by atoms with Crippen molar-refractivity contribution in [3.05, 3.63) is 65.5 Å². The fourth-order valence-electron chi connectivity index (χ4n) is 4.77. The molecule has 2 aliphatic rings. The first-order valence-electron chi connectivity index (χ1n) is 10.5. The summed E-state index contributed by atoms with van der Waals surface area (Å²) in [6, 6.07) is 14.3. The van der Waals surface area contributed by atoms with E-state index in [0.717, 1.165) is 16.8 Å². The van der Waals surface area contributed by atoms with E-state index >= 15 is 0 Å². The van der Waals surface area contributed by atoms with Gasteiger partial charge in [-0.1, -0.05) is 30.3 Å². The van der Waals surface area contributed by atoms with E-state index < -0.39 is 17.1 Å². The van der Waals surface area contributed by atoms with Crippen LogP contribution in [0.1, 0.15) is 45.2 Å². The largest absolute Gasteiger partial charge is 0.444 e. The predicted molar refractivity (Wildman–Crippen MR) is 117 cm³/mol. The second-order valence-corrected chi connectivity index (χ2v) is 9.42. The molecule has 0 radical (unpaired) electrons. The van der Waals surface area contributed by atoms with Gasteiger partial charge in [0.2, 0.25) is 0 Å². The Bertz CT molecular complexity index is 1060. The van der Waals surface area contributed by atoms with Crippen molar-refractivity contribution in [1.29, 1.82) is 0 Å². The van der Waals surface area contributed by atoms with Crippen LogP contribution in [-0.2, 0) is 14.9 Å². The lowest BCUT2D eigenvalue weighted by Gasteiger charge is -2.33. The molecular weight excluding hydrogens is 395 g/mol. The lowest BCUT2D eigenvalue weighted by molar-refractivity contribution is -0.118. The summed E-state index contributed by atoms with van der Waals surface area (Å²) >= 11 is 0. The van der Waals surface area contributed by atoms with Crippen LogP contribution in [-0.4, -0.2) is 41.2 Å². The summed E-state index contributed by atoms with van der Waals surface area (Å²) in [5.74, 6) is -0.577. The first-order valence-corrected chi connectivity index (χ1v) is 10.5. The number of nitrogens with zero attached hydrogens (tertiary/aromatic N) is 2. The van der Waals surface area contributed by atoms with Crippen LogP contribution in [0.15, 0.2) is 53.5 Å². The fourth-order valence-corrected chi connectivity index (χ4v) is 4.77. The van der Waals surface area contributed by atoms with Crippen molar-refractivity contribution in [3.8, 4) is 0 Å². The third-order valence-electron chi connectivity index (χ3n) is 5.90. The average molecular weight is 423 g/mol. The molecule has 6 heteroatoms. The van der Waals surface area contributed by atoms with E-state index in [4.69, 9.17) is 9.73 Å². The van der Waals surface area contributed by atoms with E-state index in [9.17, 15) is 14.0 Å². The molecule has 2 heterocycles. The van der Waals surface area contributed by atoms with Crippen molar-refractivity contribution in [1.82, 2.24) is 4.90 Å². The first-order chi connectivity index (χ1) is 14.6. The number of likely N-dealkylation sites (tertiary alicyclic amines) is 1. The number of Topliss-reactive ketones (excluding diaryl/α,β-unsaturated/α-hetero) is 1. The molecule has 162 valence electrons. The van der Waals surface area contributed by atoms with Crippen LogP contribution in [0.5, 0.6) is 0 Å². The molecule has 0 aliphatic carbocycles. The van der Waals surface area contributed by atoms with Gasteiger partial charge in [0.05, 0.1) is 16.8 Å². The van der Waals surface area contributed by atoms with Crippen molar-refractivity contribution in [2.75, 3.05) is 13.1 Å². The van der Waals surface area contributed by atoms with Crippen LogP contribution in [0.4, 0.5) is 14.9 Å². The summed E-state index contributed by atoms with van der Waals surface area (Å²) in [6.07, 6.45) is -0.170. The van der Waals surface area contributed by atoms with Crippen molar-refractivity contribution in [2.45, 2.75) is 45.1 Å². The van der Waals surface area contributed by atoms with E-state index in [2.05, 4.69) is 0 Å².